The number of phenols is 1. The summed E-state index contributed by atoms with van der Waals surface area (Å²) in [4.78, 5) is 16.2. The fourth-order valence-electron chi connectivity index (χ4n) is 2.45. The molecule has 1 saturated heterocycles. The van der Waals surface area contributed by atoms with Crippen molar-refractivity contribution in [2.75, 3.05) is 24.5 Å². The number of phenolic OH excluding ortho intramolecular Hbond substituents is 1. The Morgan fingerprint density at radius 1 is 1.24 bits per heavy atom. The number of carbonyl (C=O) groups is 1. The Labute approximate surface area is 126 Å². The van der Waals surface area contributed by atoms with Crippen molar-refractivity contribution in [1.82, 2.24) is 4.90 Å². The van der Waals surface area contributed by atoms with Gasteiger partial charge in [-0.05, 0) is 52.0 Å². The lowest BCUT2D eigenvalue weighted by molar-refractivity contribution is 0.0159. The third-order valence-corrected chi connectivity index (χ3v) is 3.47. The Bertz CT molecular complexity index is 493. The van der Waals surface area contributed by atoms with Crippen LogP contribution in [0.5, 0.6) is 5.75 Å². The van der Waals surface area contributed by atoms with Gasteiger partial charge in [-0.25, -0.2) is 4.79 Å². The van der Waals surface area contributed by atoms with Crippen molar-refractivity contribution >= 4 is 11.8 Å². The van der Waals surface area contributed by atoms with Gasteiger partial charge in [0.05, 0.1) is 0 Å². The van der Waals surface area contributed by atoms with Gasteiger partial charge in [-0.1, -0.05) is 0 Å². The Balaban J connectivity index is 1.99. The molecule has 0 aliphatic carbocycles. The van der Waals surface area contributed by atoms with Gasteiger partial charge < -0.3 is 19.6 Å². The summed E-state index contributed by atoms with van der Waals surface area (Å²) in [5, 5.41) is 9.34. The van der Waals surface area contributed by atoms with Crippen LogP contribution in [0.4, 0.5) is 10.5 Å². The molecule has 0 aromatic heterocycles. The van der Waals surface area contributed by atoms with E-state index in [2.05, 4.69) is 4.90 Å². The minimum Gasteiger partial charge on any atom is -0.508 e. The lowest BCUT2D eigenvalue weighted by Gasteiger charge is -2.41. The number of ether oxygens (including phenoxy) is 1. The molecule has 1 heterocycles. The Morgan fingerprint density at radius 2 is 1.86 bits per heavy atom. The summed E-state index contributed by atoms with van der Waals surface area (Å²) < 4.78 is 5.44. The highest BCUT2D eigenvalue weighted by molar-refractivity contribution is 5.69. The van der Waals surface area contributed by atoms with E-state index < -0.39 is 5.60 Å². The smallest absolute Gasteiger partial charge is 0.410 e. The number of hydrogen-bond acceptors (Lipinski definition) is 4. The minimum absolute atomic E-state index is 0.0856. The van der Waals surface area contributed by atoms with Gasteiger partial charge in [0, 0.05) is 31.4 Å². The summed E-state index contributed by atoms with van der Waals surface area (Å²) in [7, 11) is 0. The molecular formula is C16H24N2O3. The molecular weight excluding hydrogens is 268 g/mol. The van der Waals surface area contributed by atoms with E-state index in [0.29, 0.717) is 6.54 Å². The molecule has 116 valence electrons. The number of carbonyl (C=O) groups excluding carboxylic acids is 1. The lowest BCUT2D eigenvalue weighted by Crippen LogP contribution is -2.55. The predicted octanol–water partition coefficient (Wildman–Crippen LogP) is 2.84. The second-order valence-electron chi connectivity index (χ2n) is 6.49. The van der Waals surface area contributed by atoms with Gasteiger partial charge in [0.15, 0.2) is 0 Å². The van der Waals surface area contributed by atoms with Crippen molar-refractivity contribution < 1.29 is 14.6 Å². The molecule has 21 heavy (non-hydrogen) atoms. The highest BCUT2D eigenvalue weighted by atomic mass is 16.6. The van der Waals surface area contributed by atoms with E-state index in [1.807, 2.05) is 39.8 Å². The number of nitrogens with zero attached hydrogens (tertiary/aromatic N) is 2. The molecule has 1 aliphatic rings. The zero-order chi connectivity index (χ0) is 15.6. The van der Waals surface area contributed by atoms with Gasteiger partial charge in [0.1, 0.15) is 11.4 Å². The van der Waals surface area contributed by atoms with Crippen molar-refractivity contribution in [3.8, 4) is 5.75 Å². The quantitative estimate of drug-likeness (QED) is 0.865. The monoisotopic (exact) mass is 292 g/mol. The van der Waals surface area contributed by atoms with Crippen LogP contribution in [0.1, 0.15) is 27.7 Å². The molecule has 5 heteroatoms. The molecule has 1 aromatic carbocycles. The highest BCUT2D eigenvalue weighted by Gasteiger charge is 2.30. The van der Waals surface area contributed by atoms with Crippen molar-refractivity contribution in [2.45, 2.75) is 39.3 Å². The standard InChI is InChI=1S/C16H24N2O3/c1-12-11-17(13-5-7-14(19)8-6-13)9-10-18(12)15(20)21-16(2,3)4/h5-8,12,19H,9-11H2,1-4H3/t12-/m1/s1. The molecule has 2 rings (SSSR count). The molecule has 1 amide bonds. The molecule has 1 fully saturated rings. The number of amides is 1. The first-order chi connectivity index (χ1) is 9.76. The van der Waals surface area contributed by atoms with Gasteiger partial charge in [-0.15, -0.1) is 0 Å². The van der Waals surface area contributed by atoms with Gasteiger partial charge in [0.25, 0.3) is 0 Å². The van der Waals surface area contributed by atoms with E-state index in [0.717, 1.165) is 18.8 Å². The Kier molecular flexibility index (Phi) is 4.30. The van der Waals surface area contributed by atoms with Crippen LogP contribution < -0.4 is 4.90 Å². The summed E-state index contributed by atoms with van der Waals surface area (Å²) in [5.74, 6) is 0.263. The molecule has 1 aliphatic heterocycles. The zero-order valence-corrected chi connectivity index (χ0v) is 13.2. The molecule has 1 atom stereocenters. The maximum absolute atomic E-state index is 12.2. The van der Waals surface area contributed by atoms with E-state index in [1.165, 1.54) is 0 Å². The van der Waals surface area contributed by atoms with Crippen molar-refractivity contribution in [2.24, 2.45) is 0 Å². The van der Waals surface area contributed by atoms with Crippen LogP contribution in [0.25, 0.3) is 0 Å². The van der Waals surface area contributed by atoms with Crippen LogP contribution >= 0.6 is 0 Å². The molecule has 0 saturated carbocycles. The SMILES string of the molecule is C[C@@H]1CN(c2ccc(O)cc2)CCN1C(=O)OC(C)(C)C. The largest absolute Gasteiger partial charge is 0.508 e. The predicted molar refractivity (Wildman–Crippen MR) is 82.7 cm³/mol. The van der Waals surface area contributed by atoms with Crippen LogP contribution in [0.2, 0.25) is 0 Å². The average Bonchev–Trinajstić information content (AvgIpc) is 2.37. The van der Waals surface area contributed by atoms with Crippen molar-refractivity contribution in [1.29, 1.82) is 0 Å². The summed E-state index contributed by atoms with van der Waals surface area (Å²) in [6.07, 6.45) is -0.250. The molecule has 0 radical (unpaired) electrons. The fourth-order valence-corrected chi connectivity index (χ4v) is 2.45. The molecule has 1 aromatic rings. The zero-order valence-electron chi connectivity index (χ0n) is 13.2. The normalized spacial score (nSPS) is 19.5. The van der Waals surface area contributed by atoms with Crippen LogP contribution in [0.15, 0.2) is 24.3 Å². The summed E-state index contributed by atoms with van der Waals surface area (Å²) >= 11 is 0. The number of benzene rings is 1. The molecule has 5 nitrogen and oxygen atoms in total. The lowest BCUT2D eigenvalue weighted by atomic mass is 10.1. The second kappa shape index (κ2) is 5.84. The first-order valence-corrected chi connectivity index (χ1v) is 7.30. The van der Waals surface area contributed by atoms with Crippen LogP contribution in [-0.4, -0.2) is 47.4 Å². The Morgan fingerprint density at radius 3 is 2.38 bits per heavy atom. The summed E-state index contributed by atoms with van der Waals surface area (Å²) in [5.41, 5.74) is 0.591. The first-order valence-electron chi connectivity index (χ1n) is 7.30. The highest BCUT2D eigenvalue weighted by Crippen LogP contribution is 2.22. The topological polar surface area (TPSA) is 53.0 Å². The number of piperazine rings is 1. The Hall–Kier alpha value is -1.91. The molecule has 0 bridgehead atoms. The first kappa shape index (κ1) is 15.5. The average molecular weight is 292 g/mol. The van der Waals surface area contributed by atoms with E-state index >= 15 is 0 Å². The third kappa shape index (κ3) is 4.03. The fraction of sp³-hybridized carbons (Fsp3) is 0.562. The van der Waals surface area contributed by atoms with Gasteiger partial charge in [0.2, 0.25) is 0 Å². The number of rotatable bonds is 1. The van der Waals surface area contributed by atoms with E-state index in [1.54, 1.807) is 17.0 Å². The van der Waals surface area contributed by atoms with Crippen molar-refractivity contribution in [3.63, 3.8) is 0 Å². The number of anilines is 1. The van der Waals surface area contributed by atoms with Gasteiger partial charge in [-0.2, -0.15) is 0 Å². The maximum atomic E-state index is 12.2. The van der Waals surface area contributed by atoms with E-state index in [-0.39, 0.29) is 17.9 Å². The maximum Gasteiger partial charge on any atom is 0.410 e. The van der Waals surface area contributed by atoms with Gasteiger partial charge in [-0.3, -0.25) is 0 Å². The van der Waals surface area contributed by atoms with Gasteiger partial charge >= 0.3 is 6.09 Å². The third-order valence-electron chi connectivity index (χ3n) is 3.47. The number of aromatic hydroxyl groups is 1. The minimum atomic E-state index is -0.467. The summed E-state index contributed by atoms with van der Waals surface area (Å²) in [6, 6.07) is 7.24. The van der Waals surface area contributed by atoms with Crippen LogP contribution in [-0.2, 0) is 4.74 Å². The molecule has 0 unspecified atom stereocenters. The summed E-state index contributed by atoms with van der Waals surface area (Å²) in [6.45, 7) is 9.80. The van der Waals surface area contributed by atoms with Crippen LogP contribution in [0.3, 0.4) is 0 Å². The second-order valence-corrected chi connectivity index (χ2v) is 6.49. The van der Waals surface area contributed by atoms with Crippen LogP contribution in [0, 0.1) is 0 Å². The van der Waals surface area contributed by atoms with Crippen molar-refractivity contribution in [3.05, 3.63) is 24.3 Å². The molecule has 1 N–H and O–H groups in total. The van der Waals surface area contributed by atoms with E-state index in [9.17, 15) is 9.90 Å². The number of hydrogen-bond donors (Lipinski definition) is 1. The molecule has 0 spiro atoms. The van der Waals surface area contributed by atoms with E-state index in [4.69, 9.17) is 4.74 Å².